The molecule has 3 N–H and O–H groups in total. The van der Waals surface area contributed by atoms with Gasteiger partial charge in [-0.05, 0) is 37.8 Å². The predicted octanol–water partition coefficient (Wildman–Crippen LogP) is 2.14. The number of nitrogens with zero attached hydrogens (tertiary/aromatic N) is 1. The maximum absolute atomic E-state index is 12.3. The predicted molar refractivity (Wildman–Crippen MR) is 98.4 cm³/mol. The van der Waals surface area contributed by atoms with Gasteiger partial charge in [0.15, 0.2) is 0 Å². The van der Waals surface area contributed by atoms with Gasteiger partial charge in [-0.1, -0.05) is 36.8 Å². The van der Waals surface area contributed by atoms with E-state index in [4.69, 9.17) is 5.73 Å². The summed E-state index contributed by atoms with van der Waals surface area (Å²) in [6.45, 7) is 2.30. The molecule has 2 aliphatic rings. The third-order valence-electron chi connectivity index (χ3n) is 4.82. The quantitative estimate of drug-likeness (QED) is 0.865. The van der Waals surface area contributed by atoms with Crippen molar-refractivity contribution in [2.75, 3.05) is 13.1 Å². The number of fused-ring (bicyclic) bond motifs is 1. The van der Waals surface area contributed by atoms with E-state index in [1.807, 2.05) is 30.3 Å². The number of hydrogen-bond donors (Lipinski definition) is 2. The lowest BCUT2D eigenvalue weighted by Crippen LogP contribution is -2.51. The van der Waals surface area contributed by atoms with E-state index in [1.54, 1.807) is 0 Å². The van der Waals surface area contributed by atoms with Gasteiger partial charge in [0.25, 0.3) is 0 Å². The van der Waals surface area contributed by atoms with Crippen molar-refractivity contribution in [2.45, 2.75) is 50.2 Å². The topological polar surface area (TPSA) is 58.4 Å². The first-order valence-electron chi connectivity index (χ1n) is 8.08. The Bertz CT molecular complexity index is 486. The molecule has 0 aliphatic carbocycles. The highest BCUT2D eigenvalue weighted by Gasteiger charge is 2.36. The molecule has 3 unspecified atom stereocenters. The number of halogens is 2. The van der Waals surface area contributed by atoms with Crippen LogP contribution in [0.3, 0.4) is 0 Å². The van der Waals surface area contributed by atoms with Gasteiger partial charge in [-0.3, -0.25) is 9.69 Å². The van der Waals surface area contributed by atoms with E-state index in [9.17, 15) is 4.79 Å². The van der Waals surface area contributed by atoms with Crippen LogP contribution >= 0.6 is 24.8 Å². The highest BCUT2D eigenvalue weighted by molar-refractivity contribution is 5.85. The Morgan fingerprint density at radius 2 is 1.91 bits per heavy atom. The third-order valence-corrected chi connectivity index (χ3v) is 4.82. The van der Waals surface area contributed by atoms with Crippen LogP contribution in [0.4, 0.5) is 0 Å². The molecule has 0 radical (unpaired) electrons. The molecular formula is C17H27Cl2N3O. The Labute approximate surface area is 151 Å². The molecule has 3 atom stereocenters. The SMILES string of the molecule is Cl.Cl.NC(Cc1ccccc1)C(=O)NC1CCN2CCCCC12. The lowest BCUT2D eigenvalue weighted by atomic mass is 9.98. The Balaban J connectivity index is 0.00000132. The molecule has 1 aromatic rings. The van der Waals surface area contributed by atoms with Crippen molar-refractivity contribution in [3.8, 4) is 0 Å². The van der Waals surface area contributed by atoms with Crippen LogP contribution in [0.5, 0.6) is 0 Å². The van der Waals surface area contributed by atoms with E-state index in [0.29, 0.717) is 18.5 Å². The van der Waals surface area contributed by atoms with E-state index < -0.39 is 6.04 Å². The summed E-state index contributed by atoms with van der Waals surface area (Å²) < 4.78 is 0. The maximum Gasteiger partial charge on any atom is 0.237 e. The van der Waals surface area contributed by atoms with Gasteiger partial charge in [0.05, 0.1) is 6.04 Å². The highest BCUT2D eigenvalue weighted by atomic mass is 35.5. The number of benzene rings is 1. The molecular weight excluding hydrogens is 333 g/mol. The fourth-order valence-electron chi connectivity index (χ4n) is 3.67. The van der Waals surface area contributed by atoms with Crippen LogP contribution in [-0.2, 0) is 11.2 Å². The normalized spacial score (nSPS) is 24.7. The van der Waals surface area contributed by atoms with Crippen molar-refractivity contribution in [2.24, 2.45) is 5.73 Å². The van der Waals surface area contributed by atoms with Crippen molar-refractivity contribution in [3.05, 3.63) is 35.9 Å². The average molecular weight is 360 g/mol. The number of nitrogens with one attached hydrogen (secondary N) is 1. The minimum atomic E-state index is -0.454. The molecule has 2 fully saturated rings. The molecule has 2 aliphatic heterocycles. The van der Waals surface area contributed by atoms with Gasteiger partial charge >= 0.3 is 0 Å². The molecule has 2 heterocycles. The summed E-state index contributed by atoms with van der Waals surface area (Å²) in [5.74, 6) is -0.00345. The molecule has 4 nitrogen and oxygen atoms in total. The van der Waals surface area contributed by atoms with Crippen LogP contribution in [-0.4, -0.2) is 42.0 Å². The standard InChI is InChI=1S/C17H25N3O.2ClH/c18-14(12-13-6-2-1-3-7-13)17(21)19-15-9-11-20-10-5-4-8-16(15)20;;/h1-3,6-7,14-16H,4-5,8-12,18H2,(H,19,21);2*1H. The molecule has 2 saturated heterocycles. The first-order chi connectivity index (χ1) is 10.2. The fraction of sp³-hybridized carbons (Fsp3) is 0.588. The van der Waals surface area contributed by atoms with E-state index in [-0.39, 0.29) is 30.7 Å². The van der Waals surface area contributed by atoms with Crippen molar-refractivity contribution >= 4 is 30.7 Å². The number of nitrogens with two attached hydrogens (primary N) is 1. The third kappa shape index (κ3) is 5.08. The second kappa shape index (κ2) is 9.48. The van der Waals surface area contributed by atoms with Crippen molar-refractivity contribution < 1.29 is 4.79 Å². The zero-order chi connectivity index (χ0) is 14.7. The minimum Gasteiger partial charge on any atom is -0.350 e. The summed E-state index contributed by atoms with van der Waals surface area (Å²) in [6.07, 6.45) is 5.45. The molecule has 130 valence electrons. The first-order valence-corrected chi connectivity index (χ1v) is 8.08. The van der Waals surface area contributed by atoms with Crippen molar-refractivity contribution in [1.82, 2.24) is 10.2 Å². The lowest BCUT2D eigenvalue weighted by Gasteiger charge is -2.32. The van der Waals surface area contributed by atoms with E-state index in [0.717, 1.165) is 18.5 Å². The molecule has 0 aromatic heterocycles. The van der Waals surface area contributed by atoms with Gasteiger partial charge in [-0.15, -0.1) is 24.8 Å². The number of rotatable bonds is 4. The molecule has 6 heteroatoms. The summed E-state index contributed by atoms with van der Waals surface area (Å²) in [5.41, 5.74) is 7.19. The lowest BCUT2D eigenvalue weighted by molar-refractivity contribution is -0.123. The minimum absolute atomic E-state index is 0. The second-order valence-corrected chi connectivity index (χ2v) is 6.30. The van der Waals surface area contributed by atoms with Crippen molar-refractivity contribution in [3.63, 3.8) is 0 Å². The Hall–Kier alpha value is -0.810. The van der Waals surface area contributed by atoms with Crippen LogP contribution in [0.25, 0.3) is 0 Å². The number of amides is 1. The van der Waals surface area contributed by atoms with E-state index in [1.165, 1.54) is 25.8 Å². The maximum atomic E-state index is 12.3. The van der Waals surface area contributed by atoms with Crippen LogP contribution in [0.1, 0.15) is 31.2 Å². The van der Waals surface area contributed by atoms with Crippen LogP contribution < -0.4 is 11.1 Å². The summed E-state index contributed by atoms with van der Waals surface area (Å²) in [7, 11) is 0. The second-order valence-electron chi connectivity index (χ2n) is 6.30. The molecule has 0 spiro atoms. The summed E-state index contributed by atoms with van der Waals surface area (Å²) >= 11 is 0. The molecule has 0 bridgehead atoms. The van der Waals surface area contributed by atoms with Crippen LogP contribution in [0.15, 0.2) is 30.3 Å². The van der Waals surface area contributed by atoms with Crippen LogP contribution in [0, 0.1) is 0 Å². The van der Waals surface area contributed by atoms with Crippen molar-refractivity contribution in [1.29, 1.82) is 0 Å². The van der Waals surface area contributed by atoms with Gasteiger partial charge in [-0.25, -0.2) is 0 Å². The van der Waals surface area contributed by atoms with Gasteiger partial charge in [0.2, 0.25) is 5.91 Å². The Morgan fingerprint density at radius 3 is 2.65 bits per heavy atom. The first kappa shape index (κ1) is 20.2. The Kier molecular flexibility index (Phi) is 8.34. The molecule has 3 rings (SSSR count). The van der Waals surface area contributed by atoms with E-state index >= 15 is 0 Å². The van der Waals surface area contributed by atoms with Gasteiger partial charge in [0.1, 0.15) is 0 Å². The molecule has 23 heavy (non-hydrogen) atoms. The number of hydrogen-bond acceptors (Lipinski definition) is 3. The zero-order valence-electron chi connectivity index (χ0n) is 13.3. The molecule has 0 saturated carbocycles. The summed E-state index contributed by atoms with van der Waals surface area (Å²) in [6, 6.07) is 10.4. The monoisotopic (exact) mass is 359 g/mol. The number of carbonyl (C=O) groups is 1. The number of piperidine rings is 1. The van der Waals surface area contributed by atoms with Gasteiger partial charge < -0.3 is 11.1 Å². The smallest absolute Gasteiger partial charge is 0.237 e. The summed E-state index contributed by atoms with van der Waals surface area (Å²) in [4.78, 5) is 14.8. The van der Waals surface area contributed by atoms with Gasteiger partial charge in [0, 0.05) is 18.6 Å². The fourth-order valence-corrected chi connectivity index (χ4v) is 3.67. The Morgan fingerprint density at radius 1 is 1.17 bits per heavy atom. The highest BCUT2D eigenvalue weighted by Crippen LogP contribution is 2.27. The zero-order valence-corrected chi connectivity index (χ0v) is 15.0. The van der Waals surface area contributed by atoms with Gasteiger partial charge in [-0.2, -0.15) is 0 Å². The number of carbonyl (C=O) groups excluding carboxylic acids is 1. The molecule has 1 aromatic carbocycles. The average Bonchev–Trinajstić information content (AvgIpc) is 2.91. The van der Waals surface area contributed by atoms with E-state index in [2.05, 4.69) is 10.2 Å². The summed E-state index contributed by atoms with van der Waals surface area (Å²) in [5, 5.41) is 3.19. The largest absolute Gasteiger partial charge is 0.350 e. The van der Waals surface area contributed by atoms with Crippen LogP contribution in [0.2, 0.25) is 0 Å². The molecule has 1 amide bonds.